The largest absolute Gasteiger partial charge is 0.296 e. The average Bonchev–Trinajstić information content (AvgIpc) is 3.04. The fourth-order valence-corrected chi connectivity index (χ4v) is 4.60. The molecule has 0 radical (unpaired) electrons. The van der Waals surface area contributed by atoms with Crippen LogP contribution in [-0.2, 0) is 6.42 Å². The van der Waals surface area contributed by atoms with Crippen LogP contribution < -0.4 is 0 Å². The Morgan fingerprint density at radius 1 is 1.24 bits per heavy atom. The maximum atomic E-state index is 6.31. The van der Waals surface area contributed by atoms with E-state index in [1.165, 1.54) is 29.5 Å². The molecule has 2 unspecified atom stereocenters. The van der Waals surface area contributed by atoms with Crippen molar-refractivity contribution in [3.8, 4) is 12.0 Å². The molecule has 2 atom stereocenters. The maximum absolute atomic E-state index is 6.31. The zero-order chi connectivity index (χ0) is 17.0. The van der Waals surface area contributed by atoms with Crippen molar-refractivity contribution in [1.29, 1.82) is 0 Å². The monoisotopic (exact) mass is 347 g/mol. The number of likely N-dealkylation sites (N-methyl/N-ethyl adjacent to an activating group) is 1. The van der Waals surface area contributed by atoms with E-state index in [9.17, 15) is 0 Å². The summed E-state index contributed by atoms with van der Waals surface area (Å²) in [6.45, 7) is 0. The van der Waals surface area contributed by atoms with E-state index >= 15 is 0 Å². The van der Waals surface area contributed by atoms with E-state index in [0.717, 1.165) is 22.5 Å². The van der Waals surface area contributed by atoms with E-state index in [1.54, 1.807) is 12.4 Å². The normalized spacial score (nSPS) is 21.8. The summed E-state index contributed by atoms with van der Waals surface area (Å²) in [7, 11) is 2.25. The number of pyridine rings is 1. The second-order valence-corrected chi connectivity index (χ2v) is 7.39. The molecule has 124 valence electrons. The molecule has 0 aliphatic carbocycles. The number of fused-ring (bicyclic) bond motifs is 6. The predicted molar refractivity (Wildman–Crippen MR) is 101 cm³/mol. The summed E-state index contributed by atoms with van der Waals surface area (Å²) in [5.41, 5.74) is 4.88. The summed E-state index contributed by atoms with van der Waals surface area (Å²) in [6, 6.07) is 14.6. The van der Waals surface area contributed by atoms with Gasteiger partial charge in [-0.25, -0.2) is 0 Å². The summed E-state index contributed by atoms with van der Waals surface area (Å²) in [6.07, 6.45) is 7.10. The van der Waals surface area contributed by atoms with Gasteiger partial charge in [0.1, 0.15) is 0 Å². The SMILES string of the molecule is CN1C2CCC1c1c(n(C#Cc3cccnc3)c3ccc(Cl)cc13)C2. The summed E-state index contributed by atoms with van der Waals surface area (Å²) >= 11 is 6.31. The zero-order valence-electron chi connectivity index (χ0n) is 14.0. The Hall–Kier alpha value is -2.28. The van der Waals surface area contributed by atoms with Crippen molar-refractivity contribution in [2.75, 3.05) is 7.05 Å². The van der Waals surface area contributed by atoms with Crippen LogP contribution in [0.2, 0.25) is 5.02 Å². The van der Waals surface area contributed by atoms with E-state index in [-0.39, 0.29) is 0 Å². The minimum absolute atomic E-state index is 0.483. The third-order valence-electron chi connectivity index (χ3n) is 5.65. The minimum Gasteiger partial charge on any atom is -0.296 e. The van der Waals surface area contributed by atoms with Crippen molar-refractivity contribution in [3.63, 3.8) is 0 Å². The maximum Gasteiger partial charge on any atom is 0.0619 e. The quantitative estimate of drug-likeness (QED) is 0.567. The predicted octanol–water partition coefficient (Wildman–Crippen LogP) is 4.24. The molecule has 2 aromatic heterocycles. The summed E-state index contributed by atoms with van der Waals surface area (Å²) < 4.78 is 2.19. The van der Waals surface area contributed by atoms with Gasteiger partial charge in [-0.3, -0.25) is 14.5 Å². The summed E-state index contributed by atoms with van der Waals surface area (Å²) in [5.74, 6) is 3.27. The van der Waals surface area contributed by atoms with Gasteiger partial charge in [0.2, 0.25) is 0 Å². The van der Waals surface area contributed by atoms with Crippen LogP contribution >= 0.6 is 11.6 Å². The lowest BCUT2D eigenvalue weighted by Crippen LogP contribution is -2.34. The van der Waals surface area contributed by atoms with Crippen LogP contribution in [0.1, 0.15) is 35.7 Å². The van der Waals surface area contributed by atoms with E-state index < -0.39 is 0 Å². The molecule has 4 heterocycles. The first-order valence-corrected chi connectivity index (χ1v) is 9.07. The number of benzene rings is 1. The third-order valence-corrected chi connectivity index (χ3v) is 5.88. The summed E-state index contributed by atoms with van der Waals surface area (Å²) in [5, 5.41) is 2.04. The first-order valence-electron chi connectivity index (χ1n) is 8.69. The van der Waals surface area contributed by atoms with Crippen LogP contribution in [0.5, 0.6) is 0 Å². The molecule has 5 rings (SSSR count). The number of halogens is 1. The van der Waals surface area contributed by atoms with Crippen molar-refractivity contribution in [2.24, 2.45) is 0 Å². The lowest BCUT2D eigenvalue weighted by Gasteiger charge is -2.31. The first kappa shape index (κ1) is 15.0. The van der Waals surface area contributed by atoms with Crippen molar-refractivity contribution in [2.45, 2.75) is 31.3 Å². The van der Waals surface area contributed by atoms with Gasteiger partial charge < -0.3 is 0 Å². The standard InChI is InChI=1S/C21H18ClN3/c1-24-16-5-7-19(24)21-17-11-15(22)4-6-18(17)25(20(21)12-16)10-8-14-3-2-9-23-13-14/h2-4,6,9,11,13,16,19H,5,7,12H2,1H3. The second-order valence-electron chi connectivity index (χ2n) is 6.95. The number of rotatable bonds is 0. The van der Waals surface area contributed by atoms with Crippen LogP contribution in [-0.4, -0.2) is 27.5 Å². The van der Waals surface area contributed by atoms with Gasteiger partial charge in [0, 0.05) is 58.6 Å². The minimum atomic E-state index is 0.483. The van der Waals surface area contributed by atoms with Crippen molar-refractivity contribution < 1.29 is 0 Å². The third kappa shape index (κ3) is 2.29. The molecular formula is C21H18ClN3. The fraction of sp³-hybridized carbons (Fsp3) is 0.286. The Labute approximate surface area is 152 Å². The highest BCUT2D eigenvalue weighted by Gasteiger charge is 2.40. The van der Waals surface area contributed by atoms with E-state index in [1.807, 2.05) is 18.2 Å². The molecule has 0 saturated carbocycles. The van der Waals surface area contributed by atoms with E-state index in [4.69, 9.17) is 11.6 Å². The lowest BCUT2D eigenvalue weighted by atomic mass is 9.97. The van der Waals surface area contributed by atoms with Gasteiger partial charge in [0.15, 0.2) is 0 Å². The van der Waals surface area contributed by atoms with Gasteiger partial charge in [-0.05, 0) is 61.7 Å². The highest BCUT2D eigenvalue weighted by atomic mass is 35.5. The Balaban J connectivity index is 1.75. The van der Waals surface area contributed by atoms with Crippen molar-refractivity contribution in [1.82, 2.24) is 14.5 Å². The molecule has 0 amide bonds. The van der Waals surface area contributed by atoms with Gasteiger partial charge in [0.25, 0.3) is 0 Å². The molecule has 2 bridgehead atoms. The van der Waals surface area contributed by atoms with Gasteiger partial charge in [-0.2, -0.15) is 0 Å². The molecule has 2 aliphatic heterocycles. The molecule has 4 heteroatoms. The summed E-state index contributed by atoms with van der Waals surface area (Å²) in [4.78, 5) is 6.68. The molecule has 25 heavy (non-hydrogen) atoms. The van der Waals surface area contributed by atoms with Gasteiger partial charge in [0.05, 0.1) is 5.52 Å². The molecule has 1 fully saturated rings. The molecular weight excluding hydrogens is 330 g/mol. The zero-order valence-corrected chi connectivity index (χ0v) is 14.8. The van der Waals surface area contributed by atoms with Crippen LogP contribution in [0.25, 0.3) is 10.9 Å². The number of aromatic nitrogens is 2. The van der Waals surface area contributed by atoms with Gasteiger partial charge >= 0.3 is 0 Å². The smallest absolute Gasteiger partial charge is 0.0619 e. The molecule has 3 aromatic rings. The van der Waals surface area contributed by atoms with E-state index in [0.29, 0.717) is 12.1 Å². The average molecular weight is 348 g/mol. The highest BCUT2D eigenvalue weighted by Crippen LogP contribution is 2.46. The first-order chi connectivity index (χ1) is 12.2. The second kappa shape index (κ2) is 5.62. The molecule has 0 N–H and O–H groups in total. The Bertz CT molecular complexity index is 1030. The topological polar surface area (TPSA) is 21.1 Å². The van der Waals surface area contributed by atoms with Gasteiger partial charge in [-0.1, -0.05) is 11.6 Å². The van der Waals surface area contributed by atoms with Crippen LogP contribution in [0.15, 0.2) is 42.7 Å². The molecule has 1 aromatic carbocycles. The molecule has 3 nitrogen and oxygen atoms in total. The van der Waals surface area contributed by atoms with Crippen molar-refractivity contribution >= 4 is 22.5 Å². The Kier molecular flexibility index (Phi) is 3.38. The van der Waals surface area contributed by atoms with Crippen LogP contribution in [0, 0.1) is 12.0 Å². The van der Waals surface area contributed by atoms with E-state index in [2.05, 4.69) is 45.6 Å². The number of hydrogen-bond acceptors (Lipinski definition) is 2. The lowest BCUT2D eigenvalue weighted by molar-refractivity contribution is 0.223. The molecule has 2 aliphatic rings. The van der Waals surface area contributed by atoms with Crippen LogP contribution in [0.3, 0.4) is 0 Å². The Morgan fingerprint density at radius 2 is 2.16 bits per heavy atom. The van der Waals surface area contributed by atoms with Crippen LogP contribution in [0.4, 0.5) is 0 Å². The fourth-order valence-electron chi connectivity index (χ4n) is 4.43. The van der Waals surface area contributed by atoms with Gasteiger partial charge in [-0.15, -0.1) is 0 Å². The number of hydrogen-bond donors (Lipinski definition) is 0. The Morgan fingerprint density at radius 3 is 3.00 bits per heavy atom. The van der Waals surface area contributed by atoms with Crippen molar-refractivity contribution in [3.05, 3.63) is 64.6 Å². The highest BCUT2D eigenvalue weighted by molar-refractivity contribution is 6.31. The molecule has 0 spiro atoms. The number of nitrogens with zero attached hydrogens (tertiary/aromatic N) is 3. The molecule has 1 saturated heterocycles.